The maximum Gasteiger partial charge on any atom is 0.272 e. The third kappa shape index (κ3) is 4.84. The molecule has 1 aliphatic heterocycles. The molecular formula is C22H29N3O. The molecule has 138 valence electrons. The number of piperidine rings is 1. The first kappa shape index (κ1) is 18.4. The molecule has 1 atom stereocenters. The zero-order valence-electron chi connectivity index (χ0n) is 15.8. The van der Waals surface area contributed by atoms with Crippen LogP contribution < -0.4 is 5.32 Å². The number of rotatable bonds is 6. The van der Waals surface area contributed by atoms with Crippen molar-refractivity contribution in [2.45, 2.75) is 45.6 Å². The van der Waals surface area contributed by atoms with Crippen molar-refractivity contribution in [2.75, 3.05) is 18.4 Å². The van der Waals surface area contributed by atoms with E-state index in [1.807, 2.05) is 17.0 Å². The van der Waals surface area contributed by atoms with Gasteiger partial charge in [-0.15, -0.1) is 0 Å². The SMILES string of the molecule is CCC(C)Nc1ccnc(C(=O)N2CCC(Cc3ccccc3)CC2)c1. The lowest BCUT2D eigenvalue weighted by Gasteiger charge is -2.32. The van der Waals surface area contributed by atoms with Gasteiger partial charge in [0.05, 0.1) is 0 Å². The highest BCUT2D eigenvalue weighted by Gasteiger charge is 2.24. The van der Waals surface area contributed by atoms with Gasteiger partial charge < -0.3 is 10.2 Å². The summed E-state index contributed by atoms with van der Waals surface area (Å²) in [4.78, 5) is 19.1. The molecule has 0 radical (unpaired) electrons. The summed E-state index contributed by atoms with van der Waals surface area (Å²) in [6.07, 6.45) is 5.99. The summed E-state index contributed by atoms with van der Waals surface area (Å²) in [6, 6.07) is 14.8. The monoisotopic (exact) mass is 351 g/mol. The summed E-state index contributed by atoms with van der Waals surface area (Å²) in [7, 11) is 0. The van der Waals surface area contributed by atoms with Gasteiger partial charge in [0.1, 0.15) is 5.69 Å². The number of likely N-dealkylation sites (tertiary alicyclic amines) is 1. The Kier molecular flexibility index (Phi) is 6.26. The zero-order chi connectivity index (χ0) is 18.4. The van der Waals surface area contributed by atoms with E-state index in [9.17, 15) is 4.79 Å². The summed E-state index contributed by atoms with van der Waals surface area (Å²) in [6.45, 7) is 5.92. The van der Waals surface area contributed by atoms with Gasteiger partial charge >= 0.3 is 0 Å². The molecule has 0 saturated carbocycles. The van der Waals surface area contributed by atoms with Crippen molar-refractivity contribution < 1.29 is 4.79 Å². The summed E-state index contributed by atoms with van der Waals surface area (Å²) < 4.78 is 0. The van der Waals surface area contributed by atoms with Crippen molar-refractivity contribution in [3.8, 4) is 0 Å². The van der Waals surface area contributed by atoms with Crippen molar-refractivity contribution >= 4 is 11.6 Å². The van der Waals surface area contributed by atoms with E-state index >= 15 is 0 Å². The van der Waals surface area contributed by atoms with E-state index in [4.69, 9.17) is 0 Å². The van der Waals surface area contributed by atoms with Crippen molar-refractivity contribution in [3.63, 3.8) is 0 Å². The van der Waals surface area contributed by atoms with E-state index < -0.39 is 0 Å². The minimum atomic E-state index is 0.0518. The van der Waals surface area contributed by atoms with Crippen molar-refractivity contribution in [3.05, 3.63) is 59.9 Å². The van der Waals surface area contributed by atoms with Crippen LogP contribution in [-0.2, 0) is 6.42 Å². The van der Waals surface area contributed by atoms with Gasteiger partial charge in [-0.1, -0.05) is 37.3 Å². The molecular weight excluding hydrogens is 322 g/mol. The molecule has 2 heterocycles. The van der Waals surface area contributed by atoms with E-state index in [0.717, 1.165) is 44.5 Å². The molecule has 26 heavy (non-hydrogen) atoms. The highest BCUT2D eigenvalue weighted by atomic mass is 16.2. The predicted octanol–water partition coefficient (Wildman–Crippen LogP) is 4.39. The van der Waals surface area contributed by atoms with Crippen LogP contribution in [-0.4, -0.2) is 34.9 Å². The quantitative estimate of drug-likeness (QED) is 0.840. The van der Waals surface area contributed by atoms with Crippen LogP contribution in [0.2, 0.25) is 0 Å². The average molecular weight is 351 g/mol. The summed E-state index contributed by atoms with van der Waals surface area (Å²) in [5.41, 5.74) is 2.90. The summed E-state index contributed by atoms with van der Waals surface area (Å²) in [5.74, 6) is 0.712. The number of carbonyl (C=O) groups is 1. The van der Waals surface area contributed by atoms with E-state index in [-0.39, 0.29) is 5.91 Å². The standard InChI is InChI=1S/C22H29N3O/c1-3-17(2)24-20-9-12-23-21(16-20)22(26)25-13-10-19(11-14-25)15-18-7-5-4-6-8-18/h4-9,12,16-17,19H,3,10-11,13-15H2,1-2H3,(H,23,24). The average Bonchev–Trinajstić information content (AvgIpc) is 2.69. The lowest BCUT2D eigenvalue weighted by atomic mass is 9.90. The molecule has 4 heteroatoms. The molecule has 1 unspecified atom stereocenters. The number of hydrogen-bond acceptors (Lipinski definition) is 3. The fourth-order valence-electron chi connectivity index (χ4n) is 3.47. The minimum Gasteiger partial charge on any atom is -0.382 e. The fraction of sp³-hybridized carbons (Fsp3) is 0.455. The van der Waals surface area contributed by atoms with Gasteiger partial charge in [0.25, 0.3) is 5.91 Å². The Morgan fingerprint density at radius 3 is 2.65 bits per heavy atom. The maximum absolute atomic E-state index is 12.8. The number of aromatic nitrogens is 1. The molecule has 0 spiro atoms. The van der Waals surface area contributed by atoms with Gasteiger partial charge in [0.2, 0.25) is 0 Å². The summed E-state index contributed by atoms with van der Waals surface area (Å²) in [5, 5.41) is 3.41. The molecule has 2 aromatic rings. The van der Waals surface area contributed by atoms with E-state index in [0.29, 0.717) is 17.7 Å². The number of benzene rings is 1. The number of amides is 1. The minimum absolute atomic E-state index is 0.0518. The molecule has 0 bridgehead atoms. The van der Waals surface area contributed by atoms with Gasteiger partial charge in [0.15, 0.2) is 0 Å². The Balaban J connectivity index is 1.56. The molecule has 0 aliphatic carbocycles. The highest BCUT2D eigenvalue weighted by molar-refractivity contribution is 5.93. The molecule has 1 fully saturated rings. The lowest BCUT2D eigenvalue weighted by molar-refractivity contribution is 0.0684. The predicted molar refractivity (Wildman–Crippen MR) is 106 cm³/mol. The van der Waals surface area contributed by atoms with Gasteiger partial charge in [-0.2, -0.15) is 0 Å². The van der Waals surface area contributed by atoms with Crippen LogP contribution in [0.3, 0.4) is 0 Å². The normalized spacial score (nSPS) is 16.3. The third-order valence-corrected chi connectivity index (χ3v) is 5.27. The largest absolute Gasteiger partial charge is 0.382 e. The Hall–Kier alpha value is -2.36. The van der Waals surface area contributed by atoms with Crippen molar-refractivity contribution in [2.24, 2.45) is 5.92 Å². The fourth-order valence-corrected chi connectivity index (χ4v) is 3.47. The number of nitrogens with zero attached hydrogens (tertiary/aromatic N) is 2. The third-order valence-electron chi connectivity index (χ3n) is 5.27. The first-order chi connectivity index (χ1) is 12.7. The topological polar surface area (TPSA) is 45.2 Å². The number of nitrogens with one attached hydrogen (secondary N) is 1. The number of carbonyl (C=O) groups excluding carboxylic acids is 1. The van der Waals surface area contributed by atoms with Crippen LogP contribution in [0, 0.1) is 5.92 Å². The molecule has 1 N–H and O–H groups in total. The van der Waals surface area contributed by atoms with Crippen molar-refractivity contribution in [1.82, 2.24) is 9.88 Å². The van der Waals surface area contributed by atoms with Gasteiger partial charge in [-0.05, 0) is 56.2 Å². The molecule has 1 aromatic heterocycles. The highest BCUT2D eigenvalue weighted by Crippen LogP contribution is 2.23. The van der Waals surface area contributed by atoms with Gasteiger partial charge in [0, 0.05) is 31.0 Å². The second-order valence-electron chi connectivity index (χ2n) is 7.31. The van der Waals surface area contributed by atoms with E-state index in [1.54, 1.807) is 6.20 Å². The first-order valence-electron chi connectivity index (χ1n) is 9.71. The molecule has 4 nitrogen and oxygen atoms in total. The molecule has 1 saturated heterocycles. The van der Waals surface area contributed by atoms with E-state index in [1.165, 1.54) is 5.56 Å². The van der Waals surface area contributed by atoms with Crippen LogP contribution in [0.1, 0.15) is 49.2 Å². The molecule has 3 rings (SSSR count). The van der Waals surface area contributed by atoms with Crippen LogP contribution in [0.5, 0.6) is 0 Å². The Morgan fingerprint density at radius 1 is 1.23 bits per heavy atom. The molecule has 1 aliphatic rings. The van der Waals surface area contributed by atoms with Gasteiger partial charge in [-0.25, -0.2) is 0 Å². The van der Waals surface area contributed by atoms with Crippen LogP contribution in [0.4, 0.5) is 5.69 Å². The second-order valence-corrected chi connectivity index (χ2v) is 7.31. The Bertz CT molecular complexity index is 708. The Morgan fingerprint density at radius 2 is 1.96 bits per heavy atom. The second kappa shape index (κ2) is 8.84. The van der Waals surface area contributed by atoms with Crippen LogP contribution >= 0.6 is 0 Å². The number of pyridine rings is 1. The number of anilines is 1. The molecule has 1 amide bonds. The first-order valence-corrected chi connectivity index (χ1v) is 9.71. The van der Waals surface area contributed by atoms with Crippen molar-refractivity contribution in [1.29, 1.82) is 0 Å². The lowest BCUT2D eigenvalue weighted by Crippen LogP contribution is -2.39. The zero-order valence-corrected chi connectivity index (χ0v) is 15.8. The maximum atomic E-state index is 12.8. The van der Waals surface area contributed by atoms with Gasteiger partial charge in [-0.3, -0.25) is 9.78 Å². The van der Waals surface area contributed by atoms with Crippen LogP contribution in [0.25, 0.3) is 0 Å². The Labute approximate surface area is 156 Å². The van der Waals surface area contributed by atoms with E-state index in [2.05, 4.69) is 54.5 Å². The smallest absolute Gasteiger partial charge is 0.272 e. The molecule has 1 aromatic carbocycles. The number of hydrogen-bond donors (Lipinski definition) is 1. The summed E-state index contributed by atoms with van der Waals surface area (Å²) >= 11 is 0. The van der Waals surface area contributed by atoms with Crippen LogP contribution in [0.15, 0.2) is 48.7 Å².